The number of fused-ring (bicyclic) bond motifs is 1. The number of piperidine rings is 2. The normalized spacial score (nSPS) is 24.5. The van der Waals surface area contributed by atoms with Crippen LogP contribution in [0.25, 0.3) is 0 Å². The molecule has 0 spiro atoms. The van der Waals surface area contributed by atoms with Crippen LogP contribution in [0.4, 0.5) is 0 Å². The van der Waals surface area contributed by atoms with Crippen molar-refractivity contribution in [3.8, 4) is 0 Å². The Hall–Kier alpha value is -2.29. The number of rotatable bonds is 6. The van der Waals surface area contributed by atoms with Gasteiger partial charge in [0.15, 0.2) is 0 Å². The molecule has 3 amide bonds. The Morgan fingerprint density at radius 2 is 1.97 bits per heavy atom. The summed E-state index contributed by atoms with van der Waals surface area (Å²) in [5, 5.41) is 19.9. The lowest BCUT2D eigenvalue weighted by molar-refractivity contribution is -0.136. The molecule has 8 nitrogen and oxygen atoms in total. The zero-order valence-corrected chi connectivity index (χ0v) is 17.4. The number of hydrogen-bond donors (Lipinski definition) is 4. The number of benzene rings is 1. The van der Waals surface area contributed by atoms with Gasteiger partial charge in [-0.25, -0.2) is 0 Å². The molecule has 3 heterocycles. The molecule has 0 radical (unpaired) electrons. The molecule has 3 aliphatic rings. The summed E-state index contributed by atoms with van der Waals surface area (Å²) >= 11 is 0. The van der Waals surface area contributed by atoms with E-state index in [9.17, 15) is 19.5 Å². The summed E-state index contributed by atoms with van der Waals surface area (Å²) in [5.41, 5.74) is 1.75. The quantitative estimate of drug-likeness (QED) is 0.498. The molecule has 4 rings (SSSR count). The van der Waals surface area contributed by atoms with E-state index >= 15 is 0 Å². The first kappa shape index (κ1) is 21.0. The standard InChI is InChI=1S/C22H30N4O4/c1-22(30,15-7-9-23-10-8-15)13-24-11-14-3-2-4-16-17(14)12-26(21(16)29)18-5-6-19(27)25-20(18)28/h2-4,15,18,23-24,30H,5-13H2,1H3,(H,25,27,28). The minimum atomic E-state index is -0.783. The van der Waals surface area contributed by atoms with Crippen molar-refractivity contribution in [3.63, 3.8) is 0 Å². The number of amides is 3. The minimum Gasteiger partial charge on any atom is -0.389 e. The molecule has 1 aromatic carbocycles. The van der Waals surface area contributed by atoms with Crippen LogP contribution in [0.1, 0.15) is 54.1 Å². The fraction of sp³-hybridized carbons (Fsp3) is 0.591. The van der Waals surface area contributed by atoms with Crippen LogP contribution in [0.15, 0.2) is 18.2 Å². The molecule has 30 heavy (non-hydrogen) atoms. The van der Waals surface area contributed by atoms with Gasteiger partial charge < -0.3 is 20.6 Å². The van der Waals surface area contributed by atoms with Gasteiger partial charge in [-0.05, 0) is 62.4 Å². The van der Waals surface area contributed by atoms with Crippen molar-refractivity contribution >= 4 is 17.7 Å². The largest absolute Gasteiger partial charge is 0.389 e. The lowest BCUT2D eigenvalue weighted by Gasteiger charge is -2.36. The Morgan fingerprint density at radius 3 is 2.70 bits per heavy atom. The topological polar surface area (TPSA) is 111 Å². The number of carbonyl (C=O) groups is 3. The number of hydrogen-bond acceptors (Lipinski definition) is 6. The first-order valence-electron chi connectivity index (χ1n) is 10.8. The molecule has 0 aliphatic carbocycles. The number of imide groups is 1. The van der Waals surface area contributed by atoms with E-state index in [4.69, 9.17) is 0 Å². The van der Waals surface area contributed by atoms with Gasteiger partial charge in [0.05, 0.1) is 5.60 Å². The van der Waals surface area contributed by atoms with Crippen molar-refractivity contribution in [3.05, 3.63) is 34.9 Å². The van der Waals surface area contributed by atoms with Crippen LogP contribution < -0.4 is 16.0 Å². The van der Waals surface area contributed by atoms with E-state index in [1.54, 1.807) is 11.0 Å². The SMILES string of the molecule is CC(O)(CNCc1cccc2c1CN(C1CCC(=O)NC1=O)C2=O)C1CCNCC1. The van der Waals surface area contributed by atoms with Crippen LogP contribution >= 0.6 is 0 Å². The summed E-state index contributed by atoms with van der Waals surface area (Å²) < 4.78 is 0. The van der Waals surface area contributed by atoms with Gasteiger partial charge in [0.1, 0.15) is 6.04 Å². The Labute approximate surface area is 176 Å². The van der Waals surface area contributed by atoms with Gasteiger partial charge in [-0.15, -0.1) is 0 Å². The number of carbonyl (C=O) groups excluding carboxylic acids is 3. The molecule has 4 N–H and O–H groups in total. The predicted molar refractivity (Wildman–Crippen MR) is 110 cm³/mol. The maximum Gasteiger partial charge on any atom is 0.255 e. The van der Waals surface area contributed by atoms with Crippen LogP contribution in [0.3, 0.4) is 0 Å². The van der Waals surface area contributed by atoms with Gasteiger partial charge in [-0.1, -0.05) is 12.1 Å². The van der Waals surface area contributed by atoms with E-state index in [0.717, 1.165) is 37.1 Å². The minimum absolute atomic E-state index is 0.164. The summed E-state index contributed by atoms with van der Waals surface area (Å²) in [4.78, 5) is 38.1. The van der Waals surface area contributed by atoms with E-state index in [0.29, 0.717) is 31.6 Å². The molecule has 0 aromatic heterocycles. The molecule has 2 atom stereocenters. The van der Waals surface area contributed by atoms with E-state index < -0.39 is 17.6 Å². The second kappa shape index (κ2) is 8.45. The lowest BCUT2D eigenvalue weighted by Crippen LogP contribution is -2.52. The Morgan fingerprint density at radius 1 is 1.20 bits per heavy atom. The number of nitrogens with one attached hydrogen (secondary N) is 3. The second-order valence-electron chi connectivity index (χ2n) is 8.83. The van der Waals surface area contributed by atoms with Crippen molar-refractivity contribution in [1.29, 1.82) is 0 Å². The predicted octanol–water partition coefficient (Wildman–Crippen LogP) is 0.288. The molecule has 162 valence electrons. The third-order valence-corrected chi connectivity index (χ3v) is 6.70. The molecule has 2 saturated heterocycles. The molecule has 0 bridgehead atoms. The molecule has 0 saturated carbocycles. The molecule has 3 aliphatic heterocycles. The summed E-state index contributed by atoms with van der Waals surface area (Å²) in [7, 11) is 0. The van der Waals surface area contributed by atoms with Crippen LogP contribution in [-0.4, -0.2) is 59.0 Å². The molecule has 2 fully saturated rings. The highest BCUT2D eigenvalue weighted by Gasteiger charge is 2.40. The first-order valence-corrected chi connectivity index (χ1v) is 10.8. The van der Waals surface area contributed by atoms with Gasteiger partial charge >= 0.3 is 0 Å². The molecular weight excluding hydrogens is 384 g/mol. The van der Waals surface area contributed by atoms with Crippen molar-refractivity contribution in [1.82, 2.24) is 20.9 Å². The zero-order valence-electron chi connectivity index (χ0n) is 17.4. The molecule has 8 heteroatoms. The highest BCUT2D eigenvalue weighted by atomic mass is 16.3. The summed E-state index contributed by atoms with van der Waals surface area (Å²) in [5.74, 6) is -0.586. The van der Waals surface area contributed by atoms with Crippen molar-refractivity contribution < 1.29 is 19.5 Å². The van der Waals surface area contributed by atoms with E-state index in [2.05, 4.69) is 16.0 Å². The smallest absolute Gasteiger partial charge is 0.255 e. The summed E-state index contributed by atoms with van der Waals surface area (Å²) in [6.45, 7) is 5.14. The second-order valence-corrected chi connectivity index (χ2v) is 8.83. The van der Waals surface area contributed by atoms with Crippen LogP contribution in [0.2, 0.25) is 0 Å². The van der Waals surface area contributed by atoms with Crippen LogP contribution in [0.5, 0.6) is 0 Å². The summed E-state index contributed by atoms with van der Waals surface area (Å²) in [6.07, 6.45) is 2.53. The number of nitrogens with zero attached hydrogens (tertiary/aromatic N) is 1. The average Bonchev–Trinajstić information content (AvgIpc) is 3.06. The van der Waals surface area contributed by atoms with Crippen LogP contribution in [-0.2, 0) is 22.7 Å². The third-order valence-electron chi connectivity index (χ3n) is 6.70. The Balaban J connectivity index is 1.41. The van der Waals surface area contributed by atoms with Gasteiger partial charge in [0.2, 0.25) is 11.8 Å². The zero-order chi connectivity index (χ0) is 21.3. The Kier molecular flexibility index (Phi) is 5.90. The van der Waals surface area contributed by atoms with Crippen molar-refractivity contribution in [2.24, 2.45) is 5.92 Å². The van der Waals surface area contributed by atoms with Gasteiger partial charge in [0.25, 0.3) is 5.91 Å². The fourth-order valence-electron chi connectivity index (χ4n) is 4.85. The maximum atomic E-state index is 12.9. The van der Waals surface area contributed by atoms with Crippen molar-refractivity contribution in [2.45, 2.75) is 57.3 Å². The van der Waals surface area contributed by atoms with Crippen LogP contribution in [0, 0.1) is 5.92 Å². The average molecular weight is 415 g/mol. The lowest BCUT2D eigenvalue weighted by atomic mass is 9.82. The Bertz CT molecular complexity index is 848. The fourth-order valence-corrected chi connectivity index (χ4v) is 4.85. The maximum absolute atomic E-state index is 12.9. The van der Waals surface area contributed by atoms with Crippen molar-refractivity contribution in [2.75, 3.05) is 19.6 Å². The molecule has 2 unspecified atom stereocenters. The highest BCUT2D eigenvalue weighted by molar-refractivity contribution is 6.05. The van der Waals surface area contributed by atoms with Gasteiger partial charge in [-0.2, -0.15) is 0 Å². The number of aliphatic hydroxyl groups is 1. The summed E-state index contributed by atoms with van der Waals surface area (Å²) in [6, 6.07) is 5.01. The van der Waals surface area contributed by atoms with Gasteiger partial charge in [-0.3, -0.25) is 19.7 Å². The van der Waals surface area contributed by atoms with E-state index in [-0.39, 0.29) is 24.2 Å². The third kappa shape index (κ3) is 4.12. The molecule has 1 aromatic rings. The highest BCUT2D eigenvalue weighted by Crippen LogP contribution is 2.30. The van der Waals surface area contributed by atoms with E-state index in [1.165, 1.54) is 0 Å². The monoisotopic (exact) mass is 414 g/mol. The van der Waals surface area contributed by atoms with E-state index in [1.807, 2.05) is 19.1 Å². The molecular formula is C22H30N4O4. The first-order chi connectivity index (χ1) is 14.4. The van der Waals surface area contributed by atoms with Gasteiger partial charge in [0, 0.05) is 31.6 Å².